The summed E-state index contributed by atoms with van der Waals surface area (Å²) in [6.07, 6.45) is 0. The van der Waals surface area contributed by atoms with Gasteiger partial charge in [-0.15, -0.1) is 0 Å². The van der Waals surface area contributed by atoms with E-state index in [2.05, 4.69) is 4.90 Å². The summed E-state index contributed by atoms with van der Waals surface area (Å²) < 4.78 is 22.4. The Morgan fingerprint density at radius 2 is 1.56 bits per heavy atom. The normalized spacial score (nSPS) is 14.3. The molecule has 1 saturated heterocycles. The van der Waals surface area contributed by atoms with Crippen LogP contribution in [0.4, 0.5) is 0 Å². The van der Waals surface area contributed by atoms with E-state index in [0.29, 0.717) is 23.5 Å². The van der Waals surface area contributed by atoms with Gasteiger partial charge in [-0.05, 0) is 35.4 Å². The maximum atomic E-state index is 13.2. The van der Waals surface area contributed by atoms with Crippen LogP contribution in [0.3, 0.4) is 0 Å². The number of morpholine rings is 1. The lowest BCUT2D eigenvalue weighted by atomic mass is 9.93. The average Bonchev–Trinajstić information content (AvgIpc) is 2.89. The van der Waals surface area contributed by atoms with Crippen LogP contribution in [-0.2, 0) is 4.74 Å². The van der Waals surface area contributed by atoms with Gasteiger partial charge in [0.05, 0.1) is 25.9 Å². The van der Waals surface area contributed by atoms with Gasteiger partial charge in [-0.3, -0.25) is 4.90 Å². The van der Waals surface area contributed by atoms with Gasteiger partial charge in [0.2, 0.25) is 0 Å². The Labute approximate surface area is 198 Å². The smallest absolute Gasteiger partial charge is 0.344 e. The van der Waals surface area contributed by atoms with Crippen molar-refractivity contribution < 1.29 is 18.6 Å². The predicted octanol–water partition coefficient (Wildman–Crippen LogP) is 4.85. The van der Waals surface area contributed by atoms with Crippen molar-refractivity contribution in [2.45, 2.75) is 0 Å². The Morgan fingerprint density at radius 1 is 0.853 bits per heavy atom. The zero-order valence-corrected chi connectivity index (χ0v) is 19.2. The van der Waals surface area contributed by atoms with E-state index in [1.54, 1.807) is 13.2 Å². The first-order valence-corrected chi connectivity index (χ1v) is 11.5. The highest BCUT2D eigenvalue weighted by molar-refractivity contribution is 6.01. The summed E-state index contributed by atoms with van der Waals surface area (Å²) >= 11 is 0. The van der Waals surface area contributed by atoms with Crippen LogP contribution >= 0.6 is 0 Å². The van der Waals surface area contributed by atoms with Crippen LogP contribution in [0.15, 0.2) is 82.0 Å². The van der Waals surface area contributed by atoms with Gasteiger partial charge in [-0.25, -0.2) is 4.79 Å². The zero-order chi connectivity index (χ0) is 23.3. The largest absolute Gasteiger partial charge is 0.497 e. The van der Waals surface area contributed by atoms with Crippen molar-refractivity contribution in [2.24, 2.45) is 0 Å². The molecule has 6 heteroatoms. The van der Waals surface area contributed by atoms with Crippen molar-refractivity contribution in [1.29, 1.82) is 0 Å². The molecule has 174 valence electrons. The molecule has 6 nitrogen and oxygen atoms in total. The van der Waals surface area contributed by atoms with Gasteiger partial charge in [0, 0.05) is 36.7 Å². The Balaban J connectivity index is 1.48. The summed E-state index contributed by atoms with van der Waals surface area (Å²) in [6.45, 7) is 4.90. The first-order chi connectivity index (χ1) is 16.7. The Bertz CT molecular complexity index is 1310. The molecule has 5 rings (SSSR count). The monoisotopic (exact) mass is 457 g/mol. The van der Waals surface area contributed by atoms with Gasteiger partial charge in [-0.1, -0.05) is 42.5 Å². The molecule has 0 unspecified atom stereocenters. The third kappa shape index (κ3) is 4.69. The minimum Gasteiger partial charge on any atom is -0.497 e. The summed E-state index contributed by atoms with van der Waals surface area (Å²) in [5.41, 5.74) is 3.21. The molecular weight excluding hydrogens is 430 g/mol. The van der Waals surface area contributed by atoms with E-state index >= 15 is 0 Å². The third-order valence-corrected chi connectivity index (χ3v) is 6.10. The zero-order valence-electron chi connectivity index (χ0n) is 19.2. The highest BCUT2D eigenvalue weighted by Gasteiger charge is 2.19. The van der Waals surface area contributed by atoms with Crippen molar-refractivity contribution in [1.82, 2.24) is 4.90 Å². The van der Waals surface area contributed by atoms with Crippen molar-refractivity contribution >= 4 is 11.0 Å². The average molecular weight is 458 g/mol. The number of fused-ring (bicyclic) bond motifs is 1. The molecule has 4 aromatic rings. The van der Waals surface area contributed by atoms with Gasteiger partial charge in [0.1, 0.15) is 23.7 Å². The van der Waals surface area contributed by atoms with Crippen LogP contribution in [-0.4, -0.2) is 51.5 Å². The minimum absolute atomic E-state index is 0.388. The van der Waals surface area contributed by atoms with Gasteiger partial charge >= 0.3 is 5.63 Å². The molecule has 0 radical (unpaired) electrons. The number of ether oxygens (including phenoxy) is 3. The molecule has 0 spiro atoms. The van der Waals surface area contributed by atoms with Crippen LogP contribution in [0, 0.1) is 0 Å². The first-order valence-electron chi connectivity index (χ1n) is 11.5. The van der Waals surface area contributed by atoms with Gasteiger partial charge < -0.3 is 18.6 Å². The Morgan fingerprint density at radius 3 is 2.29 bits per heavy atom. The molecule has 0 N–H and O–H groups in total. The molecule has 0 aliphatic carbocycles. The predicted molar refractivity (Wildman–Crippen MR) is 133 cm³/mol. The van der Waals surface area contributed by atoms with Crippen LogP contribution in [0.2, 0.25) is 0 Å². The summed E-state index contributed by atoms with van der Waals surface area (Å²) in [7, 11) is 1.59. The maximum Gasteiger partial charge on any atom is 0.344 e. The minimum atomic E-state index is -0.388. The van der Waals surface area contributed by atoms with Crippen molar-refractivity contribution in [3.05, 3.63) is 83.2 Å². The standard InChI is InChI=1S/C28H27NO5/c1-31-23-11-12-24-25(19-23)34-28(30)27(26(24)20-5-3-2-4-6-20)21-7-9-22(10-8-21)33-18-15-29-13-16-32-17-14-29/h2-12,19H,13-18H2,1H3. The quantitative estimate of drug-likeness (QED) is 0.370. The van der Waals surface area contributed by atoms with Crippen LogP contribution in [0.25, 0.3) is 33.2 Å². The number of nitrogens with zero attached hydrogens (tertiary/aromatic N) is 1. The van der Waals surface area contributed by atoms with Crippen LogP contribution < -0.4 is 15.1 Å². The number of hydrogen-bond donors (Lipinski definition) is 0. The molecule has 3 aromatic carbocycles. The molecule has 0 amide bonds. The van der Waals surface area contributed by atoms with Crippen molar-refractivity contribution in [2.75, 3.05) is 46.6 Å². The topological polar surface area (TPSA) is 61.1 Å². The van der Waals surface area contributed by atoms with Gasteiger partial charge in [0.15, 0.2) is 0 Å². The van der Waals surface area contributed by atoms with Crippen molar-refractivity contribution in [3.63, 3.8) is 0 Å². The molecule has 2 heterocycles. The lowest BCUT2D eigenvalue weighted by molar-refractivity contribution is 0.0322. The molecule has 1 aliphatic heterocycles. The summed E-state index contributed by atoms with van der Waals surface area (Å²) in [6, 6.07) is 23.1. The maximum absolute atomic E-state index is 13.2. The van der Waals surface area contributed by atoms with Gasteiger partial charge in [0.25, 0.3) is 0 Å². The Hall–Kier alpha value is -3.61. The highest BCUT2D eigenvalue weighted by Crippen LogP contribution is 2.37. The molecule has 1 fully saturated rings. The van der Waals surface area contributed by atoms with E-state index in [1.165, 1.54) is 0 Å². The van der Waals surface area contributed by atoms with E-state index < -0.39 is 0 Å². The van der Waals surface area contributed by atoms with E-state index in [1.807, 2.05) is 66.7 Å². The second-order valence-electron chi connectivity index (χ2n) is 8.19. The Kier molecular flexibility index (Phi) is 6.60. The number of methoxy groups -OCH3 is 1. The summed E-state index contributed by atoms with van der Waals surface area (Å²) in [5, 5.41) is 0.854. The number of benzene rings is 3. The SMILES string of the molecule is COc1ccc2c(-c3ccccc3)c(-c3ccc(OCCN4CCOCC4)cc3)c(=O)oc2c1. The second kappa shape index (κ2) is 10.1. The molecule has 1 aromatic heterocycles. The fraction of sp³-hybridized carbons (Fsp3) is 0.250. The molecule has 1 aliphatic rings. The van der Waals surface area contributed by atoms with Crippen LogP contribution in [0.5, 0.6) is 11.5 Å². The van der Waals surface area contributed by atoms with Gasteiger partial charge in [-0.2, -0.15) is 0 Å². The second-order valence-corrected chi connectivity index (χ2v) is 8.19. The number of hydrogen-bond acceptors (Lipinski definition) is 6. The van der Waals surface area contributed by atoms with E-state index in [9.17, 15) is 4.79 Å². The van der Waals surface area contributed by atoms with E-state index in [0.717, 1.165) is 60.7 Å². The highest BCUT2D eigenvalue weighted by atomic mass is 16.5. The number of rotatable bonds is 7. The van der Waals surface area contributed by atoms with Crippen LogP contribution in [0.1, 0.15) is 0 Å². The molecular formula is C28H27NO5. The summed E-state index contributed by atoms with van der Waals surface area (Å²) in [4.78, 5) is 15.5. The lowest BCUT2D eigenvalue weighted by Gasteiger charge is -2.26. The van der Waals surface area contributed by atoms with Crippen molar-refractivity contribution in [3.8, 4) is 33.8 Å². The third-order valence-electron chi connectivity index (χ3n) is 6.10. The first kappa shape index (κ1) is 22.2. The lowest BCUT2D eigenvalue weighted by Crippen LogP contribution is -2.38. The molecule has 34 heavy (non-hydrogen) atoms. The molecule has 0 bridgehead atoms. The van der Waals surface area contributed by atoms with E-state index in [-0.39, 0.29) is 5.63 Å². The molecule has 0 atom stereocenters. The molecule has 0 saturated carbocycles. The van der Waals surface area contributed by atoms with E-state index in [4.69, 9.17) is 18.6 Å². The summed E-state index contributed by atoms with van der Waals surface area (Å²) in [5.74, 6) is 1.41. The fourth-order valence-electron chi connectivity index (χ4n) is 4.31. The fourth-order valence-corrected chi connectivity index (χ4v) is 4.31.